The molecule has 2 heterocycles. The van der Waals surface area contributed by atoms with Gasteiger partial charge < -0.3 is 14.8 Å². The minimum absolute atomic E-state index is 0.450. The number of nitrogens with zero attached hydrogens (tertiary/aromatic N) is 3. The number of anilines is 1. The minimum atomic E-state index is -0.464. The molecule has 27 heavy (non-hydrogen) atoms. The van der Waals surface area contributed by atoms with Gasteiger partial charge in [0.05, 0.1) is 6.61 Å². The summed E-state index contributed by atoms with van der Waals surface area (Å²) in [5, 5.41) is 12.5. The van der Waals surface area contributed by atoms with Crippen LogP contribution < -0.4 is 14.8 Å². The highest BCUT2D eigenvalue weighted by Crippen LogP contribution is 2.41. The van der Waals surface area contributed by atoms with Gasteiger partial charge in [-0.3, -0.25) is 0 Å². The van der Waals surface area contributed by atoms with Crippen molar-refractivity contribution >= 4 is 33.4 Å². The first-order valence-electron chi connectivity index (χ1n) is 8.43. The van der Waals surface area contributed by atoms with Crippen molar-refractivity contribution < 1.29 is 9.47 Å². The standard InChI is InChI=1S/C19H17BrN4O2S/c1-3-25-11-8-9-14(20)13(10-11)17-21-15-7-5-4-6-12(15)16-18(26-17)22-19(27-2)24-23-16/h4-10,17,21H,3H2,1-2H3/t17-/m0/s1. The van der Waals surface area contributed by atoms with Gasteiger partial charge in [-0.15, -0.1) is 10.2 Å². The van der Waals surface area contributed by atoms with Crippen LogP contribution in [-0.4, -0.2) is 28.0 Å². The molecule has 0 radical (unpaired) electrons. The maximum atomic E-state index is 6.26. The molecule has 6 nitrogen and oxygen atoms in total. The highest BCUT2D eigenvalue weighted by atomic mass is 79.9. The Morgan fingerprint density at radius 2 is 2.07 bits per heavy atom. The number of fused-ring (bicyclic) bond motifs is 3. The molecule has 0 amide bonds. The van der Waals surface area contributed by atoms with E-state index in [-0.39, 0.29) is 0 Å². The molecule has 0 unspecified atom stereocenters. The van der Waals surface area contributed by atoms with Crippen molar-refractivity contribution in [1.29, 1.82) is 0 Å². The molecule has 0 bridgehead atoms. The number of halogens is 1. The Morgan fingerprint density at radius 3 is 2.89 bits per heavy atom. The topological polar surface area (TPSA) is 69.2 Å². The Balaban J connectivity index is 1.84. The summed E-state index contributed by atoms with van der Waals surface area (Å²) in [7, 11) is 0. The summed E-state index contributed by atoms with van der Waals surface area (Å²) >= 11 is 5.05. The van der Waals surface area contributed by atoms with E-state index < -0.39 is 6.23 Å². The van der Waals surface area contributed by atoms with Gasteiger partial charge in [-0.25, -0.2) is 0 Å². The van der Waals surface area contributed by atoms with Crippen LogP contribution in [0.15, 0.2) is 52.1 Å². The Labute approximate surface area is 169 Å². The van der Waals surface area contributed by atoms with Crippen LogP contribution in [0.2, 0.25) is 0 Å². The normalized spacial score (nSPS) is 15.0. The van der Waals surface area contributed by atoms with Gasteiger partial charge in [0, 0.05) is 21.3 Å². The second-order valence-electron chi connectivity index (χ2n) is 5.76. The summed E-state index contributed by atoms with van der Waals surface area (Å²) in [6.45, 7) is 2.56. The van der Waals surface area contributed by atoms with Crippen molar-refractivity contribution in [2.75, 3.05) is 18.2 Å². The average Bonchev–Trinajstić information content (AvgIpc) is 2.85. The number of hydrogen-bond acceptors (Lipinski definition) is 7. The number of aromatic nitrogens is 3. The summed E-state index contributed by atoms with van der Waals surface area (Å²) in [6.07, 6.45) is 1.44. The van der Waals surface area contributed by atoms with E-state index in [2.05, 4.69) is 36.4 Å². The Kier molecular flexibility index (Phi) is 5.18. The predicted octanol–water partition coefficient (Wildman–Crippen LogP) is 4.92. The summed E-state index contributed by atoms with van der Waals surface area (Å²) in [5.41, 5.74) is 3.34. The van der Waals surface area contributed by atoms with Crippen molar-refractivity contribution in [3.05, 3.63) is 52.5 Å². The molecule has 1 aromatic heterocycles. The number of benzene rings is 2. The molecule has 0 saturated carbocycles. The Bertz CT molecular complexity index is 986. The van der Waals surface area contributed by atoms with E-state index in [0.29, 0.717) is 23.3 Å². The smallest absolute Gasteiger partial charge is 0.247 e. The first-order chi connectivity index (χ1) is 13.2. The molecular formula is C19H17BrN4O2S. The van der Waals surface area contributed by atoms with Crippen molar-refractivity contribution in [3.63, 3.8) is 0 Å². The van der Waals surface area contributed by atoms with Gasteiger partial charge in [0.25, 0.3) is 0 Å². The lowest BCUT2D eigenvalue weighted by atomic mass is 10.1. The maximum Gasteiger partial charge on any atom is 0.247 e. The average molecular weight is 445 g/mol. The van der Waals surface area contributed by atoms with Crippen LogP contribution in [0, 0.1) is 0 Å². The third kappa shape index (κ3) is 3.59. The van der Waals surface area contributed by atoms with E-state index >= 15 is 0 Å². The zero-order valence-corrected chi connectivity index (χ0v) is 17.2. The molecule has 2 aromatic carbocycles. The van der Waals surface area contributed by atoms with Gasteiger partial charge in [-0.2, -0.15) is 4.98 Å². The Morgan fingerprint density at radius 1 is 1.22 bits per heavy atom. The Hall–Kier alpha value is -2.32. The molecule has 4 rings (SSSR count). The van der Waals surface area contributed by atoms with Crippen LogP contribution in [0.4, 0.5) is 5.69 Å². The van der Waals surface area contributed by atoms with Gasteiger partial charge in [0.15, 0.2) is 11.9 Å². The molecule has 0 saturated heterocycles. The molecule has 138 valence electrons. The monoisotopic (exact) mass is 444 g/mol. The molecule has 1 N–H and O–H groups in total. The quantitative estimate of drug-likeness (QED) is 0.572. The van der Waals surface area contributed by atoms with E-state index in [4.69, 9.17) is 9.47 Å². The highest BCUT2D eigenvalue weighted by Gasteiger charge is 2.27. The first-order valence-corrected chi connectivity index (χ1v) is 10.4. The lowest BCUT2D eigenvalue weighted by Crippen LogP contribution is -2.18. The van der Waals surface area contributed by atoms with Crippen molar-refractivity contribution in [2.45, 2.75) is 18.3 Å². The number of ether oxygens (including phenoxy) is 2. The summed E-state index contributed by atoms with van der Waals surface area (Å²) in [5.74, 6) is 1.23. The molecule has 1 aliphatic heterocycles. The largest absolute Gasteiger partial charge is 0.494 e. The van der Waals surface area contributed by atoms with Gasteiger partial charge in [0.2, 0.25) is 11.0 Å². The second-order valence-corrected chi connectivity index (χ2v) is 7.38. The number of para-hydroxylation sites is 1. The molecule has 0 aliphatic carbocycles. The lowest BCUT2D eigenvalue weighted by molar-refractivity contribution is 0.223. The SMILES string of the molecule is CCOc1ccc(Br)c([C@H]2Nc3ccccc3-c3nnc(SC)nc3O2)c1. The molecule has 8 heteroatoms. The van der Waals surface area contributed by atoms with Crippen LogP contribution in [0.1, 0.15) is 18.7 Å². The lowest BCUT2D eigenvalue weighted by Gasteiger charge is -2.21. The highest BCUT2D eigenvalue weighted by molar-refractivity contribution is 9.10. The zero-order valence-electron chi connectivity index (χ0n) is 14.8. The van der Waals surface area contributed by atoms with Gasteiger partial charge in [-0.1, -0.05) is 45.9 Å². The van der Waals surface area contributed by atoms with Crippen LogP contribution in [-0.2, 0) is 0 Å². The van der Waals surface area contributed by atoms with E-state index in [9.17, 15) is 0 Å². The van der Waals surface area contributed by atoms with Gasteiger partial charge >= 0.3 is 0 Å². The second kappa shape index (κ2) is 7.74. The predicted molar refractivity (Wildman–Crippen MR) is 109 cm³/mol. The third-order valence-corrected chi connectivity index (χ3v) is 5.34. The van der Waals surface area contributed by atoms with E-state index in [1.54, 1.807) is 0 Å². The number of thioether (sulfide) groups is 1. The molecule has 3 aromatic rings. The fraction of sp³-hybridized carbons (Fsp3) is 0.211. The number of nitrogens with one attached hydrogen (secondary N) is 1. The number of hydrogen-bond donors (Lipinski definition) is 1. The minimum Gasteiger partial charge on any atom is -0.494 e. The fourth-order valence-electron chi connectivity index (χ4n) is 2.85. The van der Waals surface area contributed by atoms with E-state index in [1.807, 2.05) is 55.6 Å². The zero-order chi connectivity index (χ0) is 18.8. The van der Waals surface area contributed by atoms with Gasteiger partial charge in [-0.05, 0) is 37.4 Å². The first kappa shape index (κ1) is 18.1. The molecule has 1 atom stereocenters. The van der Waals surface area contributed by atoms with E-state index in [0.717, 1.165) is 27.0 Å². The third-order valence-electron chi connectivity index (χ3n) is 4.08. The van der Waals surface area contributed by atoms with Crippen molar-refractivity contribution in [2.24, 2.45) is 0 Å². The summed E-state index contributed by atoms with van der Waals surface area (Å²) in [6, 6.07) is 13.7. The molecule has 1 aliphatic rings. The molecule has 0 fully saturated rings. The van der Waals surface area contributed by atoms with Crippen LogP contribution >= 0.6 is 27.7 Å². The molecular weight excluding hydrogens is 428 g/mol. The maximum absolute atomic E-state index is 6.26. The van der Waals surface area contributed by atoms with Crippen LogP contribution in [0.25, 0.3) is 11.3 Å². The number of rotatable bonds is 4. The van der Waals surface area contributed by atoms with E-state index in [1.165, 1.54) is 11.8 Å². The summed E-state index contributed by atoms with van der Waals surface area (Å²) < 4.78 is 12.8. The molecule has 0 spiro atoms. The van der Waals surface area contributed by atoms with Crippen LogP contribution in [0.3, 0.4) is 0 Å². The van der Waals surface area contributed by atoms with Gasteiger partial charge in [0.1, 0.15) is 5.75 Å². The van der Waals surface area contributed by atoms with Crippen molar-refractivity contribution in [1.82, 2.24) is 15.2 Å². The summed E-state index contributed by atoms with van der Waals surface area (Å²) in [4.78, 5) is 4.54. The van der Waals surface area contributed by atoms with Crippen LogP contribution in [0.5, 0.6) is 11.6 Å². The fourth-order valence-corrected chi connectivity index (χ4v) is 3.60. The van der Waals surface area contributed by atoms with Crippen molar-refractivity contribution in [3.8, 4) is 22.9 Å².